The molecule has 1 heterocycles. The lowest BCUT2D eigenvalue weighted by Gasteiger charge is -2.46. The van der Waals surface area contributed by atoms with Crippen molar-refractivity contribution in [2.24, 2.45) is 5.92 Å². The van der Waals surface area contributed by atoms with Gasteiger partial charge in [-0.05, 0) is 38.2 Å². The molecule has 4 rings (SSSR count). The van der Waals surface area contributed by atoms with Crippen molar-refractivity contribution in [2.75, 3.05) is 40.4 Å². The van der Waals surface area contributed by atoms with Crippen molar-refractivity contribution in [2.45, 2.75) is 18.4 Å². The number of hydrogen-bond acceptors (Lipinski definition) is 4. The predicted molar refractivity (Wildman–Crippen MR) is 125 cm³/mol. The molecule has 162 valence electrons. The van der Waals surface area contributed by atoms with Crippen molar-refractivity contribution in [3.8, 4) is 0 Å². The summed E-state index contributed by atoms with van der Waals surface area (Å²) < 4.78 is 5.56. The minimum absolute atomic E-state index is 0.0835. The molecular formula is C27H32N2O2. The van der Waals surface area contributed by atoms with Crippen LogP contribution < -0.4 is 0 Å². The maximum absolute atomic E-state index is 13.2. The molecule has 2 aromatic carbocycles. The molecule has 31 heavy (non-hydrogen) atoms. The Bertz CT molecular complexity index is 930. The third kappa shape index (κ3) is 4.81. The molecule has 4 heteroatoms. The molecule has 1 aliphatic carbocycles. The number of nitrogens with zero attached hydrogens (tertiary/aromatic N) is 2. The lowest BCUT2D eigenvalue weighted by Crippen LogP contribution is -2.53. The van der Waals surface area contributed by atoms with E-state index in [0.29, 0.717) is 6.42 Å². The maximum Gasteiger partial charge on any atom is 0.163 e. The number of hydrogen-bond donors (Lipinski definition) is 0. The lowest BCUT2D eigenvalue weighted by atomic mass is 9.72. The first kappa shape index (κ1) is 21.5. The maximum atomic E-state index is 13.2. The van der Waals surface area contributed by atoms with E-state index in [1.807, 2.05) is 30.3 Å². The predicted octanol–water partition coefficient (Wildman–Crippen LogP) is 4.20. The number of benzene rings is 2. The topological polar surface area (TPSA) is 32.8 Å². The fourth-order valence-corrected chi connectivity index (χ4v) is 4.72. The quantitative estimate of drug-likeness (QED) is 0.633. The summed E-state index contributed by atoms with van der Waals surface area (Å²) in [6.07, 6.45) is 8.20. The summed E-state index contributed by atoms with van der Waals surface area (Å²) >= 11 is 0. The van der Waals surface area contributed by atoms with Crippen LogP contribution in [0.2, 0.25) is 0 Å². The van der Waals surface area contributed by atoms with E-state index in [-0.39, 0.29) is 17.2 Å². The molecule has 0 N–H and O–H groups in total. The summed E-state index contributed by atoms with van der Waals surface area (Å²) in [5.74, 6) is 0.276. The first-order valence-electron chi connectivity index (χ1n) is 11.1. The molecule has 2 aromatic rings. The molecule has 0 spiro atoms. The SMILES string of the molecule is CN(C)C1(Cc2ccccc2)C=C(N2CCOCC2)C=CC1CC(=O)c1ccccc1. The summed E-state index contributed by atoms with van der Waals surface area (Å²) in [4.78, 5) is 17.9. The molecule has 0 bridgehead atoms. The summed E-state index contributed by atoms with van der Waals surface area (Å²) in [7, 11) is 4.27. The molecule has 2 atom stereocenters. The Kier molecular flexibility index (Phi) is 6.69. The zero-order chi connectivity index (χ0) is 21.7. The molecule has 0 saturated carbocycles. The number of ether oxygens (including phenoxy) is 1. The van der Waals surface area contributed by atoms with Gasteiger partial charge >= 0.3 is 0 Å². The Morgan fingerprint density at radius 2 is 1.68 bits per heavy atom. The van der Waals surface area contributed by atoms with E-state index in [4.69, 9.17) is 4.74 Å². The van der Waals surface area contributed by atoms with Crippen LogP contribution in [0.4, 0.5) is 0 Å². The van der Waals surface area contributed by atoms with Gasteiger partial charge in [-0.15, -0.1) is 0 Å². The van der Waals surface area contributed by atoms with E-state index in [1.54, 1.807) is 0 Å². The van der Waals surface area contributed by atoms with Gasteiger partial charge in [0.15, 0.2) is 5.78 Å². The Morgan fingerprint density at radius 1 is 1.03 bits per heavy atom. The van der Waals surface area contributed by atoms with E-state index >= 15 is 0 Å². The van der Waals surface area contributed by atoms with E-state index < -0.39 is 0 Å². The summed E-state index contributed by atoms with van der Waals surface area (Å²) in [5.41, 5.74) is 3.01. The van der Waals surface area contributed by atoms with Gasteiger partial charge in [0, 0.05) is 36.7 Å². The number of morpholine rings is 1. The van der Waals surface area contributed by atoms with Crippen molar-refractivity contribution < 1.29 is 9.53 Å². The van der Waals surface area contributed by atoms with Gasteiger partial charge in [0.25, 0.3) is 0 Å². The molecule has 2 aliphatic rings. The van der Waals surface area contributed by atoms with Crippen LogP contribution in [0.1, 0.15) is 22.3 Å². The Labute approximate surface area is 185 Å². The van der Waals surface area contributed by atoms with Crippen LogP contribution in [0, 0.1) is 5.92 Å². The van der Waals surface area contributed by atoms with Gasteiger partial charge in [-0.25, -0.2) is 0 Å². The summed E-state index contributed by atoms with van der Waals surface area (Å²) in [6, 6.07) is 20.3. The zero-order valence-electron chi connectivity index (χ0n) is 18.5. The minimum Gasteiger partial charge on any atom is -0.378 e. The van der Waals surface area contributed by atoms with Gasteiger partial charge in [0.1, 0.15) is 0 Å². The average Bonchev–Trinajstić information content (AvgIpc) is 2.82. The van der Waals surface area contributed by atoms with Crippen molar-refractivity contribution in [3.05, 3.63) is 95.7 Å². The van der Waals surface area contributed by atoms with Crippen molar-refractivity contribution in [3.63, 3.8) is 0 Å². The minimum atomic E-state index is -0.284. The van der Waals surface area contributed by atoms with Crippen molar-refractivity contribution >= 4 is 5.78 Å². The van der Waals surface area contributed by atoms with Crippen LogP contribution >= 0.6 is 0 Å². The largest absolute Gasteiger partial charge is 0.378 e. The summed E-state index contributed by atoms with van der Waals surface area (Å²) in [5, 5.41) is 0. The Morgan fingerprint density at radius 3 is 2.32 bits per heavy atom. The van der Waals surface area contributed by atoms with Gasteiger partial charge in [-0.2, -0.15) is 0 Å². The molecule has 1 aliphatic heterocycles. The first-order valence-corrected chi connectivity index (χ1v) is 11.1. The van der Waals surface area contributed by atoms with Gasteiger partial charge in [-0.1, -0.05) is 66.7 Å². The second-order valence-electron chi connectivity index (χ2n) is 8.68. The highest BCUT2D eigenvalue weighted by atomic mass is 16.5. The molecule has 1 fully saturated rings. The van der Waals surface area contributed by atoms with Gasteiger partial charge in [-0.3, -0.25) is 9.69 Å². The van der Waals surface area contributed by atoms with Crippen LogP contribution in [0.5, 0.6) is 0 Å². The number of Topliss-reactive ketones (excluding diaryl/α,β-unsaturated/α-hetero) is 1. The second-order valence-corrected chi connectivity index (χ2v) is 8.68. The van der Waals surface area contributed by atoms with E-state index in [0.717, 1.165) is 38.3 Å². The van der Waals surface area contributed by atoms with Gasteiger partial charge < -0.3 is 9.64 Å². The smallest absolute Gasteiger partial charge is 0.163 e. The fraction of sp³-hybridized carbons (Fsp3) is 0.370. The number of ketones is 1. The van der Waals surface area contributed by atoms with Gasteiger partial charge in [0.05, 0.1) is 18.8 Å². The van der Waals surface area contributed by atoms with E-state index in [1.165, 1.54) is 11.3 Å². The third-order valence-corrected chi connectivity index (χ3v) is 6.58. The Balaban J connectivity index is 1.69. The van der Waals surface area contributed by atoms with Crippen LogP contribution in [0.15, 0.2) is 84.6 Å². The first-order chi connectivity index (χ1) is 15.1. The van der Waals surface area contributed by atoms with Crippen molar-refractivity contribution in [1.29, 1.82) is 0 Å². The molecular weight excluding hydrogens is 384 g/mol. The second kappa shape index (κ2) is 9.63. The fourth-order valence-electron chi connectivity index (χ4n) is 4.72. The number of likely N-dealkylation sites (N-methyl/N-ethyl adjacent to an activating group) is 1. The molecule has 0 aromatic heterocycles. The molecule has 1 saturated heterocycles. The van der Waals surface area contributed by atoms with E-state index in [9.17, 15) is 4.79 Å². The highest BCUT2D eigenvalue weighted by Crippen LogP contribution is 2.38. The Hall–Kier alpha value is -2.69. The molecule has 2 unspecified atom stereocenters. The normalized spacial score (nSPS) is 23.6. The molecule has 0 radical (unpaired) electrons. The van der Waals surface area contributed by atoms with E-state index in [2.05, 4.69) is 72.5 Å². The van der Waals surface area contributed by atoms with Gasteiger partial charge in [0.2, 0.25) is 0 Å². The summed E-state index contributed by atoms with van der Waals surface area (Å²) in [6.45, 7) is 3.32. The number of carbonyl (C=O) groups is 1. The zero-order valence-corrected chi connectivity index (χ0v) is 18.5. The molecule has 0 amide bonds. The van der Waals surface area contributed by atoms with Crippen LogP contribution in [0.25, 0.3) is 0 Å². The number of allylic oxidation sites excluding steroid dienone is 1. The number of rotatable bonds is 7. The highest BCUT2D eigenvalue weighted by Gasteiger charge is 2.41. The number of carbonyl (C=O) groups excluding carboxylic acids is 1. The van der Waals surface area contributed by atoms with Crippen LogP contribution in [0.3, 0.4) is 0 Å². The van der Waals surface area contributed by atoms with Crippen LogP contribution in [-0.4, -0.2) is 61.5 Å². The molecule has 4 nitrogen and oxygen atoms in total. The standard InChI is InChI=1S/C27H32N2O2/c1-28(2)27(20-22-9-5-3-6-10-22)21-25(29-15-17-31-18-16-29)14-13-24(27)19-26(30)23-11-7-4-8-12-23/h3-14,21,24H,15-20H2,1-2H3. The third-order valence-electron chi connectivity index (χ3n) is 6.58. The monoisotopic (exact) mass is 416 g/mol. The lowest BCUT2D eigenvalue weighted by molar-refractivity contribution is 0.0526. The van der Waals surface area contributed by atoms with Crippen LogP contribution in [-0.2, 0) is 11.2 Å². The highest BCUT2D eigenvalue weighted by molar-refractivity contribution is 5.96. The van der Waals surface area contributed by atoms with Crippen molar-refractivity contribution in [1.82, 2.24) is 9.80 Å². The average molecular weight is 417 g/mol.